The predicted molar refractivity (Wildman–Crippen MR) is 112 cm³/mol. The Hall–Kier alpha value is -2.08. The molecule has 0 amide bonds. The van der Waals surface area contributed by atoms with E-state index in [-0.39, 0.29) is 0 Å². The second kappa shape index (κ2) is 12.3. The van der Waals surface area contributed by atoms with Crippen LogP contribution in [0.15, 0.2) is 24.4 Å². The lowest BCUT2D eigenvalue weighted by molar-refractivity contribution is -0.139. The zero-order valence-electron chi connectivity index (χ0n) is 17.3. The molecule has 0 aliphatic rings. The van der Waals surface area contributed by atoms with Gasteiger partial charge in [0, 0.05) is 25.0 Å². The van der Waals surface area contributed by atoms with Crippen molar-refractivity contribution in [3.8, 4) is 0 Å². The molecule has 0 saturated heterocycles. The van der Waals surface area contributed by atoms with Crippen LogP contribution in [0.3, 0.4) is 0 Å². The van der Waals surface area contributed by atoms with Gasteiger partial charge in [-0.15, -0.1) is 0 Å². The summed E-state index contributed by atoms with van der Waals surface area (Å²) in [5, 5.41) is 15.4. The van der Waals surface area contributed by atoms with Crippen molar-refractivity contribution in [2.24, 2.45) is 0 Å². The summed E-state index contributed by atoms with van der Waals surface area (Å²) in [6, 6.07) is 3.71. The van der Waals surface area contributed by atoms with Gasteiger partial charge in [0.1, 0.15) is 11.9 Å². The summed E-state index contributed by atoms with van der Waals surface area (Å²) in [5.41, 5.74) is 3.05. The van der Waals surface area contributed by atoms with Crippen LogP contribution in [0.25, 0.3) is 0 Å². The van der Waals surface area contributed by atoms with E-state index in [0.717, 1.165) is 56.8 Å². The third kappa shape index (κ3) is 8.43. The van der Waals surface area contributed by atoms with E-state index < -0.39 is 12.0 Å². The monoisotopic (exact) mass is 376 g/mol. The second-order valence-corrected chi connectivity index (χ2v) is 6.91. The molecule has 0 saturated carbocycles. The normalized spacial score (nSPS) is 12.0. The molecular formula is C21H36N4O2. The highest BCUT2D eigenvalue weighted by atomic mass is 16.4. The fourth-order valence-corrected chi connectivity index (χ4v) is 3.11. The fourth-order valence-electron chi connectivity index (χ4n) is 3.11. The van der Waals surface area contributed by atoms with Crippen molar-refractivity contribution in [3.63, 3.8) is 0 Å². The summed E-state index contributed by atoms with van der Waals surface area (Å²) in [5.74, 6) is 0.158. The number of hydrogen-bond acceptors (Lipinski definition) is 5. The van der Waals surface area contributed by atoms with Crippen molar-refractivity contribution < 1.29 is 9.90 Å². The van der Waals surface area contributed by atoms with Gasteiger partial charge in [-0.25, -0.2) is 9.78 Å². The van der Waals surface area contributed by atoms with Crippen molar-refractivity contribution in [1.82, 2.24) is 15.2 Å². The number of aryl methyl sites for hydroxylation is 2. The molecule has 0 spiro atoms. The largest absolute Gasteiger partial charge is 0.480 e. The molecule has 0 fully saturated rings. The minimum absolute atomic E-state index is 0.571. The molecule has 0 bridgehead atoms. The maximum absolute atomic E-state index is 11.3. The number of rotatable bonds is 14. The third-order valence-electron chi connectivity index (χ3n) is 4.71. The standard InChI is InChI=1S/C21H36N4O2/c1-6-17-11-12-18(24-20(17)22-5)10-8-9-14-25(7-2)15-13-19(21(26)27)23-16(3)4/h11-12,19,23H,3,6-10,13-15H2,1-2,4-5H3,(H,22,24)(H,26,27). The van der Waals surface area contributed by atoms with Gasteiger partial charge in [0.05, 0.1) is 0 Å². The van der Waals surface area contributed by atoms with Gasteiger partial charge < -0.3 is 20.6 Å². The van der Waals surface area contributed by atoms with Crippen LogP contribution < -0.4 is 10.6 Å². The number of aliphatic carboxylic acids is 1. The molecule has 1 unspecified atom stereocenters. The highest BCUT2D eigenvalue weighted by Gasteiger charge is 2.17. The van der Waals surface area contributed by atoms with E-state index in [4.69, 9.17) is 4.98 Å². The van der Waals surface area contributed by atoms with Gasteiger partial charge in [0.15, 0.2) is 0 Å². The average Bonchev–Trinajstić information content (AvgIpc) is 2.65. The van der Waals surface area contributed by atoms with E-state index in [1.54, 1.807) is 6.92 Å². The van der Waals surface area contributed by atoms with Crippen LogP contribution in [0.4, 0.5) is 5.82 Å². The van der Waals surface area contributed by atoms with Crippen LogP contribution in [0, 0.1) is 0 Å². The summed E-state index contributed by atoms with van der Waals surface area (Å²) in [6.45, 7) is 12.4. The van der Waals surface area contributed by atoms with Crippen molar-refractivity contribution >= 4 is 11.8 Å². The SMILES string of the molecule is C=C(C)NC(CCN(CC)CCCCc1ccc(CC)c(NC)n1)C(=O)O. The first-order valence-electron chi connectivity index (χ1n) is 9.94. The van der Waals surface area contributed by atoms with E-state index in [1.807, 2.05) is 7.05 Å². The molecule has 1 aromatic heterocycles. The highest BCUT2D eigenvalue weighted by molar-refractivity contribution is 5.73. The van der Waals surface area contributed by atoms with Gasteiger partial charge in [-0.3, -0.25) is 0 Å². The van der Waals surface area contributed by atoms with Crippen molar-refractivity contribution in [2.75, 3.05) is 32.0 Å². The van der Waals surface area contributed by atoms with Gasteiger partial charge in [0.25, 0.3) is 0 Å². The third-order valence-corrected chi connectivity index (χ3v) is 4.71. The number of nitrogens with zero attached hydrogens (tertiary/aromatic N) is 2. The molecule has 0 aliphatic carbocycles. The van der Waals surface area contributed by atoms with Gasteiger partial charge >= 0.3 is 5.97 Å². The van der Waals surface area contributed by atoms with E-state index in [1.165, 1.54) is 5.56 Å². The first-order chi connectivity index (χ1) is 12.9. The van der Waals surface area contributed by atoms with Crippen LogP contribution in [-0.2, 0) is 17.6 Å². The Labute approximate surface area is 164 Å². The number of anilines is 1. The molecule has 1 rings (SSSR count). The molecule has 1 heterocycles. The number of aromatic nitrogens is 1. The molecule has 6 heteroatoms. The lowest BCUT2D eigenvalue weighted by atomic mass is 10.1. The zero-order chi connectivity index (χ0) is 20.2. The van der Waals surface area contributed by atoms with E-state index in [9.17, 15) is 9.90 Å². The van der Waals surface area contributed by atoms with Crippen LogP contribution >= 0.6 is 0 Å². The predicted octanol–water partition coefficient (Wildman–Crippen LogP) is 3.30. The number of unbranched alkanes of at least 4 members (excludes halogenated alkanes) is 1. The molecule has 0 aliphatic heterocycles. The van der Waals surface area contributed by atoms with E-state index in [2.05, 4.69) is 48.1 Å². The summed E-state index contributed by atoms with van der Waals surface area (Å²) in [7, 11) is 1.91. The molecule has 3 N–H and O–H groups in total. The Kier molecular flexibility index (Phi) is 10.5. The quantitative estimate of drug-likeness (QED) is 0.433. The topological polar surface area (TPSA) is 77.5 Å². The van der Waals surface area contributed by atoms with Crippen LogP contribution in [-0.4, -0.2) is 53.7 Å². The molecule has 27 heavy (non-hydrogen) atoms. The summed E-state index contributed by atoms with van der Waals surface area (Å²) in [4.78, 5) is 18.3. The molecule has 6 nitrogen and oxygen atoms in total. The fraction of sp³-hybridized carbons (Fsp3) is 0.619. The van der Waals surface area contributed by atoms with Gasteiger partial charge in [-0.2, -0.15) is 0 Å². The minimum Gasteiger partial charge on any atom is -0.480 e. The molecular weight excluding hydrogens is 340 g/mol. The first kappa shape index (κ1) is 23.0. The molecule has 0 aromatic carbocycles. The average molecular weight is 377 g/mol. The number of carbonyl (C=O) groups is 1. The first-order valence-corrected chi connectivity index (χ1v) is 9.94. The van der Waals surface area contributed by atoms with Crippen LogP contribution in [0.2, 0.25) is 0 Å². The van der Waals surface area contributed by atoms with Crippen LogP contribution in [0.5, 0.6) is 0 Å². The maximum Gasteiger partial charge on any atom is 0.326 e. The number of allylic oxidation sites excluding steroid dienone is 1. The summed E-state index contributed by atoms with van der Waals surface area (Å²) < 4.78 is 0. The van der Waals surface area contributed by atoms with Crippen LogP contribution in [0.1, 0.15) is 51.3 Å². The summed E-state index contributed by atoms with van der Waals surface area (Å²) >= 11 is 0. The molecule has 1 atom stereocenters. The number of carboxylic acid groups (broad SMARTS) is 1. The minimum atomic E-state index is -0.823. The van der Waals surface area contributed by atoms with Crippen molar-refractivity contribution in [2.45, 2.75) is 58.9 Å². The highest BCUT2D eigenvalue weighted by Crippen LogP contribution is 2.15. The Morgan fingerprint density at radius 3 is 2.59 bits per heavy atom. The van der Waals surface area contributed by atoms with E-state index >= 15 is 0 Å². The number of pyridine rings is 1. The van der Waals surface area contributed by atoms with Gasteiger partial charge in [-0.05, 0) is 63.7 Å². The Bertz CT molecular complexity index is 604. The second-order valence-electron chi connectivity index (χ2n) is 6.91. The number of carboxylic acids is 1. The van der Waals surface area contributed by atoms with E-state index in [0.29, 0.717) is 12.1 Å². The van der Waals surface area contributed by atoms with Gasteiger partial charge in [0.2, 0.25) is 0 Å². The van der Waals surface area contributed by atoms with Crippen molar-refractivity contribution in [1.29, 1.82) is 0 Å². The Morgan fingerprint density at radius 2 is 2.04 bits per heavy atom. The molecule has 152 valence electrons. The smallest absolute Gasteiger partial charge is 0.326 e. The number of hydrogen-bond donors (Lipinski definition) is 3. The van der Waals surface area contributed by atoms with Gasteiger partial charge in [-0.1, -0.05) is 26.5 Å². The zero-order valence-corrected chi connectivity index (χ0v) is 17.3. The Morgan fingerprint density at radius 1 is 1.30 bits per heavy atom. The maximum atomic E-state index is 11.3. The number of nitrogens with one attached hydrogen (secondary N) is 2. The summed E-state index contributed by atoms with van der Waals surface area (Å²) in [6.07, 6.45) is 4.66. The van der Waals surface area contributed by atoms with Crippen molar-refractivity contribution in [3.05, 3.63) is 35.7 Å². The molecule has 0 radical (unpaired) electrons. The lowest BCUT2D eigenvalue weighted by Crippen LogP contribution is -2.39. The lowest BCUT2D eigenvalue weighted by Gasteiger charge is -2.23. The molecule has 1 aromatic rings. The Balaban J connectivity index is 2.40.